The highest BCUT2D eigenvalue weighted by Crippen LogP contribution is 2.42. The van der Waals surface area contributed by atoms with E-state index in [1.54, 1.807) is 54.6 Å². The molecule has 0 radical (unpaired) electrons. The van der Waals surface area contributed by atoms with Crippen LogP contribution in [-0.4, -0.2) is 35.1 Å². The van der Waals surface area contributed by atoms with Gasteiger partial charge in [0.05, 0.1) is 6.54 Å². The Morgan fingerprint density at radius 2 is 1.39 bits per heavy atom. The van der Waals surface area contributed by atoms with Crippen molar-refractivity contribution < 1.29 is 19.5 Å². The maximum Gasteiger partial charge on any atom is 0.335 e. The summed E-state index contributed by atoms with van der Waals surface area (Å²) in [6.07, 6.45) is -0.601. The van der Waals surface area contributed by atoms with Crippen LogP contribution in [0, 0.1) is 5.41 Å². The lowest BCUT2D eigenvalue weighted by Gasteiger charge is -2.41. The Morgan fingerprint density at radius 3 is 2.10 bits per heavy atom. The highest BCUT2D eigenvalue weighted by Gasteiger charge is 2.51. The molecule has 0 spiro atoms. The number of nitrogens with zero attached hydrogens (tertiary/aromatic N) is 1. The number of carbonyl (C=O) groups is 3. The lowest BCUT2D eigenvalue weighted by molar-refractivity contribution is -0.145. The molecule has 0 aliphatic rings. The predicted octanol–water partition coefficient (Wildman–Crippen LogP) is 4.82. The van der Waals surface area contributed by atoms with Gasteiger partial charge in [0.15, 0.2) is 11.3 Å². The van der Waals surface area contributed by atoms with Gasteiger partial charge in [-0.25, -0.2) is 4.79 Å². The molecule has 5 aromatic rings. The summed E-state index contributed by atoms with van der Waals surface area (Å²) in [5, 5.41) is 21.9. The summed E-state index contributed by atoms with van der Waals surface area (Å²) in [5.41, 5.74) is 10.4. The van der Waals surface area contributed by atoms with Crippen LogP contribution in [0.25, 0.3) is 21.5 Å². The molecule has 1 atom stereocenters. The van der Waals surface area contributed by atoms with E-state index in [4.69, 9.17) is 16.9 Å². The van der Waals surface area contributed by atoms with Crippen LogP contribution in [-0.2, 0) is 15.1 Å². The van der Waals surface area contributed by atoms with Crippen molar-refractivity contribution in [1.82, 2.24) is 0 Å². The number of carboxylic acid groups (broad SMARTS) is 1. The third-order valence-corrected chi connectivity index (χ3v) is 7.30. The van der Waals surface area contributed by atoms with Crippen molar-refractivity contribution in [3.05, 3.63) is 126 Å². The number of anilines is 1. The van der Waals surface area contributed by atoms with Crippen LogP contribution in [0.3, 0.4) is 0 Å². The van der Waals surface area contributed by atoms with E-state index in [1.165, 1.54) is 12.1 Å². The minimum absolute atomic E-state index is 0.169. The molecule has 8 heteroatoms. The maximum absolute atomic E-state index is 14.0. The summed E-state index contributed by atoms with van der Waals surface area (Å²) in [6, 6.07) is 31.3. The van der Waals surface area contributed by atoms with Crippen LogP contribution < -0.4 is 16.4 Å². The van der Waals surface area contributed by atoms with E-state index < -0.39 is 36.2 Å². The summed E-state index contributed by atoms with van der Waals surface area (Å²) < 4.78 is 0. The number of carboxylic acids is 1. The number of nitrogen functional groups attached to an aromatic ring is 1. The average Bonchev–Trinajstić information content (AvgIpc) is 3.00. The first-order chi connectivity index (χ1) is 19.8. The third kappa shape index (κ3) is 4.92. The second kappa shape index (κ2) is 11.0. The number of nitrogens with two attached hydrogens (primary N) is 2. The second-order valence-corrected chi connectivity index (χ2v) is 9.75. The number of aliphatic carboxylic acids is 1. The molecule has 8 nitrogen and oxygen atoms in total. The summed E-state index contributed by atoms with van der Waals surface area (Å²) >= 11 is 0. The van der Waals surface area contributed by atoms with Gasteiger partial charge in [-0.2, -0.15) is 0 Å². The molecule has 1 amide bonds. The van der Waals surface area contributed by atoms with Crippen molar-refractivity contribution in [2.45, 2.75) is 12.0 Å². The number of amides is 1. The van der Waals surface area contributed by atoms with Gasteiger partial charge in [-0.05, 0) is 45.3 Å². The van der Waals surface area contributed by atoms with E-state index in [2.05, 4.69) is 0 Å². The minimum Gasteiger partial charge on any atom is -0.479 e. The SMILES string of the molecule is N=C(N)c1cccc(C(=O)C[C@](C(=O)O)(c2cccc3ccccc23)N(C(=O)CN)c2ccc3ccccc3c2)c1. The van der Waals surface area contributed by atoms with Gasteiger partial charge in [-0.1, -0.05) is 91.0 Å². The van der Waals surface area contributed by atoms with Crippen molar-refractivity contribution in [3.63, 3.8) is 0 Å². The molecular weight excluding hydrogens is 516 g/mol. The molecule has 6 N–H and O–H groups in total. The quantitative estimate of drug-likeness (QED) is 0.119. The number of benzene rings is 5. The Labute approximate surface area is 236 Å². The maximum atomic E-state index is 14.0. The molecule has 0 saturated carbocycles. The first-order valence-corrected chi connectivity index (χ1v) is 13.0. The van der Waals surface area contributed by atoms with E-state index >= 15 is 0 Å². The number of ketones is 1. The first kappa shape index (κ1) is 27.2. The zero-order valence-electron chi connectivity index (χ0n) is 22.1. The van der Waals surface area contributed by atoms with Gasteiger partial charge >= 0.3 is 5.97 Å². The van der Waals surface area contributed by atoms with Crippen LogP contribution >= 0.6 is 0 Å². The summed E-state index contributed by atoms with van der Waals surface area (Å²) in [5.74, 6) is -2.82. The van der Waals surface area contributed by atoms with E-state index in [0.717, 1.165) is 21.1 Å². The normalized spacial score (nSPS) is 12.5. The molecular formula is C33H28N4O4. The van der Waals surface area contributed by atoms with Gasteiger partial charge < -0.3 is 16.6 Å². The highest BCUT2D eigenvalue weighted by molar-refractivity contribution is 6.10. The lowest BCUT2D eigenvalue weighted by Crippen LogP contribution is -2.57. The lowest BCUT2D eigenvalue weighted by atomic mass is 9.78. The third-order valence-electron chi connectivity index (χ3n) is 7.30. The van der Waals surface area contributed by atoms with Gasteiger partial charge in [0, 0.05) is 23.2 Å². The first-order valence-electron chi connectivity index (χ1n) is 13.0. The topological polar surface area (TPSA) is 151 Å². The molecule has 204 valence electrons. The Balaban J connectivity index is 1.81. The standard InChI is InChI=1S/C33H28N4O4/c34-20-30(39)37(26-16-15-21-7-1-2-9-23(21)18-26)33(32(40)41,28-14-6-10-22-8-3-4-13-27(22)28)19-29(38)24-11-5-12-25(17-24)31(35)36/h1-18H,19-20,34H2,(H3,35,36)(H,40,41)/t33-/m1/s1. The largest absolute Gasteiger partial charge is 0.479 e. The fraction of sp³-hybridized carbons (Fsp3) is 0.0909. The van der Waals surface area contributed by atoms with E-state index in [0.29, 0.717) is 16.6 Å². The van der Waals surface area contributed by atoms with Gasteiger partial charge in [0.2, 0.25) is 5.91 Å². The van der Waals surface area contributed by atoms with E-state index in [-0.39, 0.29) is 17.0 Å². The molecule has 0 saturated heterocycles. The van der Waals surface area contributed by atoms with Gasteiger partial charge in [-0.3, -0.25) is 19.9 Å². The summed E-state index contributed by atoms with van der Waals surface area (Å²) in [7, 11) is 0. The molecule has 5 aromatic carbocycles. The molecule has 0 aliphatic carbocycles. The predicted molar refractivity (Wildman–Crippen MR) is 160 cm³/mol. The number of rotatable bonds is 9. The highest BCUT2D eigenvalue weighted by atomic mass is 16.4. The number of Topliss-reactive ketones (excluding diaryl/α,β-unsaturated/α-hetero) is 1. The van der Waals surface area contributed by atoms with E-state index in [1.807, 2.05) is 42.5 Å². The number of nitrogens with one attached hydrogen (secondary N) is 1. The van der Waals surface area contributed by atoms with Crippen LogP contribution in [0.5, 0.6) is 0 Å². The molecule has 0 heterocycles. The van der Waals surface area contributed by atoms with Crippen molar-refractivity contribution in [2.24, 2.45) is 11.5 Å². The fourth-order valence-electron chi connectivity index (χ4n) is 5.35. The molecule has 0 aromatic heterocycles. The van der Waals surface area contributed by atoms with Gasteiger partial charge in [0.25, 0.3) is 0 Å². The molecule has 0 fully saturated rings. The number of amidine groups is 1. The monoisotopic (exact) mass is 544 g/mol. The Morgan fingerprint density at radius 1 is 0.756 bits per heavy atom. The van der Waals surface area contributed by atoms with Crippen molar-refractivity contribution in [1.29, 1.82) is 5.41 Å². The molecule has 0 unspecified atom stereocenters. The summed E-state index contributed by atoms with van der Waals surface area (Å²) in [6.45, 7) is -0.485. The van der Waals surface area contributed by atoms with E-state index in [9.17, 15) is 19.5 Å². The fourth-order valence-corrected chi connectivity index (χ4v) is 5.35. The molecule has 5 rings (SSSR count). The summed E-state index contributed by atoms with van der Waals surface area (Å²) in [4.78, 5) is 42.5. The number of hydrogen-bond donors (Lipinski definition) is 4. The van der Waals surface area contributed by atoms with Gasteiger partial charge in [-0.15, -0.1) is 0 Å². The minimum atomic E-state index is -2.18. The molecule has 0 aliphatic heterocycles. The zero-order chi connectivity index (χ0) is 29.1. The second-order valence-electron chi connectivity index (χ2n) is 9.75. The van der Waals surface area contributed by atoms with Gasteiger partial charge in [0.1, 0.15) is 5.84 Å². The van der Waals surface area contributed by atoms with Crippen LogP contribution in [0.15, 0.2) is 109 Å². The number of carbonyl (C=O) groups excluding carboxylic acids is 2. The Kier molecular flexibility index (Phi) is 7.33. The Hall–Kier alpha value is -5.34. The van der Waals surface area contributed by atoms with Crippen molar-refractivity contribution in [2.75, 3.05) is 11.4 Å². The smallest absolute Gasteiger partial charge is 0.335 e. The zero-order valence-corrected chi connectivity index (χ0v) is 22.1. The van der Waals surface area contributed by atoms with Crippen LogP contribution in [0.4, 0.5) is 5.69 Å². The molecule has 41 heavy (non-hydrogen) atoms. The number of hydrogen-bond acceptors (Lipinski definition) is 5. The van der Waals surface area contributed by atoms with Crippen molar-refractivity contribution in [3.8, 4) is 0 Å². The van der Waals surface area contributed by atoms with Crippen LogP contribution in [0.1, 0.15) is 27.9 Å². The average molecular weight is 545 g/mol. The Bertz CT molecular complexity index is 1830. The number of fused-ring (bicyclic) bond motifs is 2. The van der Waals surface area contributed by atoms with Crippen molar-refractivity contribution >= 4 is 50.7 Å². The molecule has 0 bridgehead atoms. The van der Waals surface area contributed by atoms with Crippen LogP contribution in [0.2, 0.25) is 0 Å².